The number of nitrogens with zero attached hydrogens (tertiary/aromatic N) is 2. The van der Waals surface area contributed by atoms with Crippen molar-refractivity contribution in [3.63, 3.8) is 0 Å². The highest BCUT2D eigenvalue weighted by Gasteiger charge is 1.80. The van der Waals surface area contributed by atoms with Crippen molar-refractivity contribution in [3.05, 3.63) is 0 Å². The van der Waals surface area contributed by atoms with E-state index in [1.165, 1.54) is 11.2 Å². The van der Waals surface area contributed by atoms with Crippen molar-refractivity contribution in [3.8, 4) is 0 Å². The summed E-state index contributed by atoms with van der Waals surface area (Å²) < 4.78 is 0. The van der Waals surface area contributed by atoms with Gasteiger partial charge in [-0.3, -0.25) is 5.01 Å². The van der Waals surface area contributed by atoms with Crippen LogP contribution < -0.4 is 0 Å². The third-order valence-corrected chi connectivity index (χ3v) is 0.690. The van der Waals surface area contributed by atoms with Gasteiger partial charge in [0.15, 0.2) is 0 Å². The number of alkyl halides is 1. The van der Waals surface area contributed by atoms with E-state index in [4.69, 9.17) is 16.7 Å². The minimum Gasteiger partial charge on any atom is -0.375 e. The molecule has 0 aliphatic carbocycles. The van der Waals surface area contributed by atoms with Crippen LogP contribution >= 0.6 is 11.6 Å². The zero-order valence-electron chi connectivity index (χ0n) is 4.71. The number of aliphatic hydroxyl groups excluding tert-OH is 1. The van der Waals surface area contributed by atoms with Crippen LogP contribution in [0.2, 0.25) is 0 Å². The number of hydrogen-bond donors (Lipinski definition) is 1. The molecule has 3 nitrogen and oxygen atoms in total. The van der Waals surface area contributed by atoms with E-state index >= 15 is 0 Å². The first-order valence-electron chi connectivity index (χ1n) is 2.21. The Labute approximate surface area is 53.6 Å². The maximum atomic E-state index is 8.33. The van der Waals surface area contributed by atoms with Gasteiger partial charge in [-0.15, -0.1) is 11.6 Å². The molecule has 0 bridgehead atoms. The Kier molecular flexibility index (Phi) is 4.70. The third kappa shape index (κ3) is 3.89. The molecule has 0 heterocycles. The molecular weight excluding hydrogens is 128 g/mol. The molecule has 0 radical (unpaired) electrons. The van der Waals surface area contributed by atoms with Gasteiger partial charge in [0.1, 0.15) is 6.73 Å². The summed E-state index contributed by atoms with van der Waals surface area (Å²) in [5.74, 6) is 0.379. The second-order valence-electron chi connectivity index (χ2n) is 1.25. The molecule has 0 atom stereocenters. The van der Waals surface area contributed by atoms with Crippen molar-refractivity contribution in [2.24, 2.45) is 5.10 Å². The Balaban J connectivity index is 3.21. The first kappa shape index (κ1) is 7.72. The molecule has 48 valence electrons. The Hall–Kier alpha value is -0.280. The summed E-state index contributed by atoms with van der Waals surface area (Å²) in [5.41, 5.74) is 0. The summed E-state index contributed by atoms with van der Waals surface area (Å²) in [4.78, 5) is 0. The fourth-order valence-electron chi connectivity index (χ4n) is 0.207. The average molecular weight is 137 g/mol. The van der Waals surface area contributed by atoms with Crippen LogP contribution in [0.4, 0.5) is 0 Å². The largest absolute Gasteiger partial charge is 0.375 e. The fourth-order valence-corrected chi connectivity index (χ4v) is 0.268. The van der Waals surface area contributed by atoms with Crippen molar-refractivity contribution in [1.82, 2.24) is 5.01 Å². The molecule has 0 saturated carbocycles. The molecule has 0 aromatic carbocycles. The monoisotopic (exact) mass is 136 g/mol. The van der Waals surface area contributed by atoms with Gasteiger partial charge >= 0.3 is 0 Å². The summed E-state index contributed by atoms with van der Waals surface area (Å²) in [5, 5.41) is 13.4. The maximum Gasteiger partial charge on any atom is 0.131 e. The lowest BCUT2D eigenvalue weighted by molar-refractivity contribution is 0.137. The molecule has 0 aliphatic rings. The predicted molar refractivity (Wildman–Crippen MR) is 34.1 cm³/mol. The van der Waals surface area contributed by atoms with Crippen molar-refractivity contribution in [2.75, 3.05) is 19.7 Å². The Morgan fingerprint density at radius 3 is 2.88 bits per heavy atom. The first-order chi connectivity index (χ1) is 3.81. The minimum atomic E-state index is -0.0760. The maximum absolute atomic E-state index is 8.33. The predicted octanol–water partition coefficient (Wildman–Crippen LogP) is 0.0926. The van der Waals surface area contributed by atoms with E-state index in [1.807, 2.05) is 0 Å². The Morgan fingerprint density at radius 1 is 1.88 bits per heavy atom. The number of aliphatic hydroxyl groups is 1. The van der Waals surface area contributed by atoms with Crippen LogP contribution in [0.5, 0.6) is 0 Å². The number of hydrogen-bond acceptors (Lipinski definition) is 3. The van der Waals surface area contributed by atoms with E-state index in [9.17, 15) is 0 Å². The molecule has 0 spiro atoms. The van der Waals surface area contributed by atoms with Gasteiger partial charge in [0.2, 0.25) is 0 Å². The number of rotatable bonds is 3. The molecule has 4 heteroatoms. The molecular formula is C4H9ClN2O. The van der Waals surface area contributed by atoms with Gasteiger partial charge in [-0.05, 0) is 0 Å². The van der Waals surface area contributed by atoms with Crippen molar-refractivity contribution in [1.29, 1.82) is 0 Å². The van der Waals surface area contributed by atoms with Crippen LogP contribution in [0.1, 0.15) is 0 Å². The molecule has 1 N–H and O–H groups in total. The van der Waals surface area contributed by atoms with Gasteiger partial charge in [0.25, 0.3) is 0 Å². The summed E-state index contributed by atoms with van der Waals surface area (Å²) in [6.45, 7) is -0.0760. The van der Waals surface area contributed by atoms with Gasteiger partial charge in [0.05, 0.1) is 5.88 Å². The van der Waals surface area contributed by atoms with E-state index in [0.29, 0.717) is 5.88 Å². The molecule has 0 unspecified atom stereocenters. The lowest BCUT2D eigenvalue weighted by Crippen LogP contribution is -2.11. The molecule has 0 saturated heterocycles. The fraction of sp³-hybridized carbons (Fsp3) is 0.750. The van der Waals surface area contributed by atoms with E-state index in [2.05, 4.69) is 5.10 Å². The molecule has 0 fully saturated rings. The van der Waals surface area contributed by atoms with Crippen LogP contribution in [0.15, 0.2) is 5.10 Å². The zero-order chi connectivity index (χ0) is 6.41. The van der Waals surface area contributed by atoms with Gasteiger partial charge in [0, 0.05) is 13.3 Å². The summed E-state index contributed by atoms with van der Waals surface area (Å²) >= 11 is 5.24. The van der Waals surface area contributed by atoms with Gasteiger partial charge < -0.3 is 5.11 Å². The van der Waals surface area contributed by atoms with Crippen LogP contribution in [0.3, 0.4) is 0 Å². The molecule has 0 aromatic rings. The van der Waals surface area contributed by atoms with Gasteiger partial charge in [-0.25, -0.2) is 0 Å². The Bertz CT molecular complexity index is 76.4. The highest BCUT2D eigenvalue weighted by molar-refractivity contribution is 6.24. The normalized spacial score (nSPS) is 10.4. The second-order valence-corrected chi connectivity index (χ2v) is 1.56. The molecule has 0 aromatic heterocycles. The van der Waals surface area contributed by atoms with E-state index < -0.39 is 0 Å². The topological polar surface area (TPSA) is 35.8 Å². The van der Waals surface area contributed by atoms with Crippen molar-refractivity contribution in [2.45, 2.75) is 0 Å². The quantitative estimate of drug-likeness (QED) is 0.258. The smallest absolute Gasteiger partial charge is 0.131 e. The lowest BCUT2D eigenvalue weighted by atomic mass is 10.9. The summed E-state index contributed by atoms with van der Waals surface area (Å²) in [7, 11) is 1.66. The zero-order valence-corrected chi connectivity index (χ0v) is 5.47. The standard InChI is InChI=1S/C4H9ClN2O/c1-7(4-8)6-3-2-5/h3,8H,2,4H2,1H3/b6-3-. The Morgan fingerprint density at radius 2 is 2.50 bits per heavy atom. The number of halogens is 1. The van der Waals surface area contributed by atoms with Crippen molar-refractivity contribution >= 4 is 17.8 Å². The second kappa shape index (κ2) is 4.87. The lowest BCUT2D eigenvalue weighted by Gasteiger charge is -2.05. The van der Waals surface area contributed by atoms with Gasteiger partial charge in [-0.1, -0.05) is 0 Å². The SMILES string of the molecule is CN(CO)/N=C\CCl. The van der Waals surface area contributed by atoms with Crippen LogP contribution in [-0.2, 0) is 0 Å². The minimum absolute atomic E-state index is 0.0760. The average Bonchev–Trinajstić information content (AvgIpc) is 1.83. The van der Waals surface area contributed by atoms with Crippen LogP contribution in [-0.4, -0.2) is 36.0 Å². The molecule has 0 aliphatic heterocycles. The van der Waals surface area contributed by atoms with Crippen LogP contribution in [0, 0.1) is 0 Å². The van der Waals surface area contributed by atoms with E-state index in [-0.39, 0.29) is 6.73 Å². The highest BCUT2D eigenvalue weighted by atomic mass is 35.5. The van der Waals surface area contributed by atoms with Crippen molar-refractivity contribution < 1.29 is 5.11 Å². The molecule has 0 rings (SSSR count). The first-order valence-corrected chi connectivity index (χ1v) is 2.75. The molecule has 8 heavy (non-hydrogen) atoms. The molecule has 0 amide bonds. The van der Waals surface area contributed by atoms with Crippen LogP contribution in [0.25, 0.3) is 0 Å². The van der Waals surface area contributed by atoms with E-state index in [0.717, 1.165) is 0 Å². The van der Waals surface area contributed by atoms with E-state index in [1.54, 1.807) is 7.05 Å². The summed E-state index contributed by atoms with van der Waals surface area (Å²) in [6, 6.07) is 0. The third-order valence-electron chi connectivity index (χ3n) is 0.552. The van der Waals surface area contributed by atoms with Gasteiger partial charge in [-0.2, -0.15) is 5.10 Å². The number of hydrazone groups is 1. The summed E-state index contributed by atoms with van der Waals surface area (Å²) in [6.07, 6.45) is 1.51. The highest BCUT2D eigenvalue weighted by Crippen LogP contribution is 1.77.